The minimum Gasteiger partial charge on any atom is -0.0622 e. The van der Waals surface area contributed by atoms with Crippen LogP contribution in [0.5, 0.6) is 0 Å². The molecule has 0 unspecified atom stereocenters. The monoisotopic (exact) mass is 368 g/mol. The SMILES string of the molecule is CC[P+]1(C)C(c2ccccc2)=C[C](c2ccccc2)C=C1c1ccccc1. The van der Waals surface area contributed by atoms with Gasteiger partial charge in [-0.25, -0.2) is 0 Å². The highest BCUT2D eigenvalue weighted by molar-refractivity contribution is 7.93. The first-order valence-corrected chi connectivity index (χ1v) is 12.0. The van der Waals surface area contributed by atoms with Crippen LogP contribution in [0.15, 0.2) is 103 Å². The standard InChI is InChI=1S/C26H25P/c1-3-27(2)25(22-15-9-5-10-16-22)19-24(21-13-7-4-8-14-21)20-26(27)23-17-11-6-12-18-23/h4-20H,3H2,1-2H3/q+1. The number of benzene rings is 3. The zero-order chi connectivity index (χ0) is 18.7. The summed E-state index contributed by atoms with van der Waals surface area (Å²) in [6.45, 7) is 4.83. The third-order valence-electron chi connectivity index (χ3n) is 5.53. The maximum absolute atomic E-state index is 2.49. The van der Waals surface area contributed by atoms with Gasteiger partial charge in [-0.15, -0.1) is 0 Å². The molecular weight excluding hydrogens is 343 g/mol. The van der Waals surface area contributed by atoms with Crippen LogP contribution >= 0.6 is 7.26 Å². The van der Waals surface area contributed by atoms with Crippen LogP contribution in [-0.2, 0) is 0 Å². The van der Waals surface area contributed by atoms with Gasteiger partial charge in [0.25, 0.3) is 0 Å². The molecule has 1 aliphatic rings. The van der Waals surface area contributed by atoms with E-state index in [1.807, 2.05) is 0 Å². The molecule has 3 aromatic rings. The minimum atomic E-state index is -1.46. The Hall–Kier alpha value is -2.43. The molecule has 3 aromatic carbocycles. The molecule has 1 heteroatoms. The van der Waals surface area contributed by atoms with E-state index in [9.17, 15) is 0 Å². The summed E-state index contributed by atoms with van der Waals surface area (Å²) >= 11 is 0. The average molecular weight is 368 g/mol. The van der Waals surface area contributed by atoms with Crippen LogP contribution in [0.4, 0.5) is 0 Å². The molecule has 0 saturated carbocycles. The Bertz CT molecular complexity index is 895. The number of hydrogen-bond donors (Lipinski definition) is 0. The van der Waals surface area contributed by atoms with Gasteiger partial charge < -0.3 is 0 Å². The summed E-state index contributed by atoms with van der Waals surface area (Å²) in [5.41, 5.74) is 3.98. The van der Waals surface area contributed by atoms with E-state index in [4.69, 9.17) is 0 Å². The first-order chi connectivity index (χ1) is 13.2. The summed E-state index contributed by atoms with van der Waals surface area (Å²) in [5, 5.41) is 3.01. The minimum absolute atomic E-state index is 1.16. The molecule has 0 fully saturated rings. The molecule has 1 heterocycles. The highest BCUT2D eigenvalue weighted by Gasteiger charge is 2.44. The van der Waals surface area contributed by atoms with Gasteiger partial charge in [0.05, 0.1) is 26.0 Å². The fraction of sp³-hybridized carbons (Fsp3) is 0.115. The van der Waals surface area contributed by atoms with Crippen LogP contribution in [0.3, 0.4) is 0 Å². The molecule has 0 atom stereocenters. The van der Waals surface area contributed by atoms with Crippen molar-refractivity contribution in [1.82, 2.24) is 0 Å². The predicted molar refractivity (Wildman–Crippen MR) is 121 cm³/mol. The third kappa shape index (κ3) is 3.43. The summed E-state index contributed by atoms with van der Waals surface area (Å²) in [5.74, 6) is 1.30. The van der Waals surface area contributed by atoms with Gasteiger partial charge in [-0.2, -0.15) is 0 Å². The molecule has 0 spiro atoms. The van der Waals surface area contributed by atoms with Crippen LogP contribution in [0.2, 0.25) is 0 Å². The molecule has 1 aliphatic heterocycles. The van der Waals surface area contributed by atoms with Crippen molar-refractivity contribution in [2.75, 3.05) is 12.8 Å². The van der Waals surface area contributed by atoms with Crippen molar-refractivity contribution in [3.63, 3.8) is 0 Å². The molecule has 133 valence electrons. The normalized spacial score (nSPS) is 16.5. The van der Waals surface area contributed by atoms with Crippen LogP contribution in [-0.4, -0.2) is 12.8 Å². The second-order valence-corrected chi connectivity index (χ2v) is 11.1. The van der Waals surface area contributed by atoms with Crippen LogP contribution in [0.25, 0.3) is 10.6 Å². The fourth-order valence-electron chi connectivity index (χ4n) is 3.84. The predicted octanol–water partition coefficient (Wildman–Crippen LogP) is 7.37. The second-order valence-electron chi connectivity index (χ2n) is 7.12. The average Bonchev–Trinajstić information content (AvgIpc) is 2.75. The quantitative estimate of drug-likeness (QED) is 0.422. The highest BCUT2D eigenvalue weighted by atomic mass is 31.2. The number of allylic oxidation sites excluding steroid dienone is 2. The van der Waals surface area contributed by atoms with Crippen molar-refractivity contribution >= 4 is 17.9 Å². The van der Waals surface area contributed by atoms with E-state index in [2.05, 4.69) is 117 Å². The number of rotatable bonds is 4. The summed E-state index contributed by atoms with van der Waals surface area (Å²) in [4.78, 5) is 0. The summed E-state index contributed by atoms with van der Waals surface area (Å²) in [6, 6.07) is 32.6. The van der Waals surface area contributed by atoms with E-state index < -0.39 is 7.26 Å². The van der Waals surface area contributed by atoms with E-state index in [-0.39, 0.29) is 0 Å². The first kappa shape index (κ1) is 18.0. The lowest BCUT2D eigenvalue weighted by Gasteiger charge is -2.32. The summed E-state index contributed by atoms with van der Waals surface area (Å²) < 4.78 is 0. The topological polar surface area (TPSA) is 0 Å². The highest BCUT2D eigenvalue weighted by Crippen LogP contribution is 2.77. The summed E-state index contributed by atoms with van der Waals surface area (Å²) in [7, 11) is -1.46. The Morgan fingerprint density at radius 2 is 0.926 bits per heavy atom. The van der Waals surface area contributed by atoms with Crippen molar-refractivity contribution in [2.45, 2.75) is 6.92 Å². The van der Waals surface area contributed by atoms with Gasteiger partial charge in [0.2, 0.25) is 0 Å². The molecule has 1 radical (unpaired) electrons. The van der Waals surface area contributed by atoms with Crippen LogP contribution in [0, 0.1) is 5.92 Å². The van der Waals surface area contributed by atoms with E-state index in [1.54, 1.807) is 0 Å². The second kappa shape index (κ2) is 7.67. The molecule has 0 amide bonds. The fourth-order valence-corrected chi connectivity index (χ4v) is 7.07. The van der Waals surface area contributed by atoms with Crippen molar-refractivity contribution in [3.8, 4) is 0 Å². The maximum atomic E-state index is 2.49. The van der Waals surface area contributed by atoms with E-state index >= 15 is 0 Å². The van der Waals surface area contributed by atoms with Gasteiger partial charge in [0, 0.05) is 11.1 Å². The van der Waals surface area contributed by atoms with Gasteiger partial charge in [-0.3, -0.25) is 0 Å². The zero-order valence-electron chi connectivity index (χ0n) is 16.0. The van der Waals surface area contributed by atoms with Gasteiger partial charge in [-0.1, -0.05) is 91.0 Å². The lowest BCUT2D eigenvalue weighted by Crippen LogP contribution is -2.09. The Kier molecular flexibility index (Phi) is 5.10. The molecule has 4 rings (SSSR count). The van der Waals surface area contributed by atoms with Crippen molar-refractivity contribution in [3.05, 3.63) is 126 Å². The largest absolute Gasteiger partial charge is 0.103 e. The van der Waals surface area contributed by atoms with Crippen LogP contribution < -0.4 is 0 Å². The Labute approximate surface area is 163 Å². The molecule has 0 saturated heterocycles. The molecule has 0 aliphatic carbocycles. The lowest BCUT2D eigenvalue weighted by atomic mass is 9.95. The smallest absolute Gasteiger partial charge is 0.0622 e. The molecule has 0 bridgehead atoms. The van der Waals surface area contributed by atoms with Crippen LogP contribution in [0.1, 0.15) is 23.6 Å². The van der Waals surface area contributed by atoms with E-state index in [1.165, 1.54) is 33.2 Å². The van der Waals surface area contributed by atoms with Crippen molar-refractivity contribution < 1.29 is 0 Å². The lowest BCUT2D eigenvalue weighted by molar-refractivity contribution is 1.35. The maximum Gasteiger partial charge on any atom is 0.103 e. The third-order valence-corrected chi connectivity index (χ3v) is 9.69. The summed E-state index contributed by atoms with van der Waals surface area (Å²) in [6.07, 6.45) is 6.04. The van der Waals surface area contributed by atoms with E-state index in [0.29, 0.717) is 0 Å². The van der Waals surface area contributed by atoms with E-state index in [0.717, 1.165) is 6.16 Å². The molecule has 0 nitrogen and oxygen atoms in total. The Morgan fingerprint density at radius 1 is 0.556 bits per heavy atom. The molecule has 0 N–H and O–H groups in total. The Balaban J connectivity index is 1.92. The van der Waals surface area contributed by atoms with Gasteiger partial charge in [-0.05, 0) is 24.6 Å². The number of hydrogen-bond acceptors (Lipinski definition) is 0. The van der Waals surface area contributed by atoms with Crippen molar-refractivity contribution in [2.24, 2.45) is 0 Å². The van der Waals surface area contributed by atoms with Crippen molar-refractivity contribution in [1.29, 1.82) is 0 Å². The zero-order valence-corrected chi connectivity index (χ0v) is 16.9. The van der Waals surface area contributed by atoms with Gasteiger partial charge in [0.1, 0.15) is 10.6 Å². The molecule has 27 heavy (non-hydrogen) atoms. The first-order valence-electron chi connectivity index (χ1n) is 9.55. The molecule has 0 aromatic heterocycles. The van der Waals surface area contributed by atoms with Gasteiger partial charge >= 0.3 is 0 Å². The Morgan fingerprint density at radius 3 is 1.30 bits per heavy atom. The van der Waals surface area contributed by atoms with Gasteiger partial charge in [0.15, 0.2) is 0 Å². The molecular formula is C26H25P+.